The average molecular weight is 399 g/mol. The second-order valence-electron chi connectivity index (χ2n) is 8.01. The lowest BCUT2D eigenvalue weighted by Crippen LogP contribution is -2.39. The van der Waals surface area contributed by atoms with Crippen molar-refractivity contribution in [2.24, 2.45) is 7.05 Å². The molecule has 29 heavy (non-hydrogen) atoms. The van der Waals surface area contributed by atoms with Crippen LogP contribution in [-0.4, -0.2) is 56.7 Å². The Labute approximate surface area is 172 Å². The first kappa shape index (κ1) is 21.3. The smallest absolute Gasteiger partial charge is 0.125 e. The number of likely N-dealkylation sites (tertiary alicyclic amines) is 1. The number of ether oxygens (including phenoxy) is 1. The fourth-order valence-electron chi connectivity index (χ4n) is 4.15. The number of hydrogen-bond acceptors (Lipinski definition) is 6. The van der Waals surface area contributed by atoms with Gasteiger partial charge < -0.3 is 14.9 Å². The molecule has 1 saturated heterocycles. The molecule has 0 aliphatic carbocycles. The standard InChI is InChI=1S/C22H30N4O3/c1-15-7-17(10-23)8-16(2)22(15)29-14-20(27)13-26-6-4-5-19(26)9-21(28)18-11-24-25(3)12-18/h7-8,11-12,19-21,27-28H,4-6,9,13-14H2,1-3H3. The maximum Gasteiger partial charge on any atom is 0.125 e. The summed E-state index contributed by atoms with van der Waals surface area (Å²) in [5.41, 5.74) is 3.23. The van der Waals surface area contributed by atoms with Gasteiger partial charge in [-0.3, -0.25) is 9.58 Å². The fraction of sp³-hybridized carbons (Fsp3) is 0.545. The summed E-state index contributed by atoms with van der Waals surface area (Å²) in [7, 11) is 1.84. The van der Waals surface area contributed by atoms with Crippen molar-refractivity contribution in [2.75, 3.05) is 19.7 Å². The van der Waals surface area contributed by atoms with E-state index >= 15 is 0 Å². The molecule has 1 aromatic heterocycles. The molecule has 156 valence electrons. The number of nitrogens with zero attached hydrogens (tertiary/aromatic N) is 4. The number of aromatic nitrogens is 2. The molecule has 0 saturated carbocycles. The van der Waals surface area contributed by atoms with E-state index in [1.54, 1.807) is 23.0 Å². The normalized spacial score (nSPS) is 19.1. The van der Waals surface area contributed by atoms with Crippen molar-refractivity contribution in [3.8, 4) is 11.8 Å². The molecule has 1 fully saturated rings. The number of hydrogen-bond donors (Lipinski definition) is 2. The highest BCUT2D eigenvalue weighted by Crippen LogP contribution is 2.28. The Hall–Kier alpha value is -2.40. The van der Waals surface area contributed by atoms with Crippen molar-refractivity contribution < 1.29 is 14.9 Å². The van der Waals surface area contributed by atoms with E-state index in [0.717, 1.165) is 41.8 Å². The molecule has 0 spiro atoms. The van der Waals surface area contributed by atoms with Gasteiger partial charge in [-0.25, -0.2) is 0 Å². The lowest BCUT2D eigenvalue weighted by atomic mass is 10.0. The van der Waals surface area contributed by atoms with Crippen molar-refractivity contribution in [1.29, 1.82) is 5.26 Å². The summed E-state index contributed by atoms with van der Waals surface area (Å²) in [6.07, 6.45) is 5.08. The van der Waals surface area contributed by atoms with Crippen LogP contribution in [0.5, 0.6) is 5.75 Å². The van der Waals surface area contributed by atoms with E-state index in [1.807, 2.05) is 27.1 Å². The highest BCUT2D eigenvalue weighted by Gasteiger charge is 2.29. The van der Waals surface area contributed by atoms with Crippen LogP contribution in [0, 0.1) is 25.2 Å². The number of aliphatic hydroxyl groups is 2. The Balaban J connectivity index is 1.53. The lowest BCUT2D eigenvalue weighted by molar-refractivity contribution is 0.0511. The van der Waals surface area contributed by atoms with E-state index < -0.39 is 12.2 Å². The Morgan fingerprint density at radius 3 is 2.66 bits per heavy atom. The van der Waals surface area contributed by atoms with Crippen LogP contribution in [-0.2, 0) is 7.05 Å². The number of β-amino-alcohol motifs (C(OH)–C–C–N with tert-alkyl or cyclic N) is 1. The summed E-state index contributed by atoms with van der Waals surface area (Å²) in [6, 6.07) is 5.97. The molecule has 2 heterocycles. The molecule has 1 aliphatic rings. The van der Waals surface area contributed by atoms with Crippen LogP contribution in [0.2, 0.25) is 0 Å². The largest absolute Gasteiger partial charge is 0.490 e. The number of rotatable bonds is 8. The molecule has 3 unspecified atom stereocenters. The third-order valence-electron chi connectivity index (χ3n) is 5.56. The van der Waals surface area contributed by atoms with E-state index in [9.17, 15) is 10.2 Å². The number of aryl methyl sites for hydroxylation is 3. The monoisotopic (exact) mass is 398 g/mol. The third-order valence-corrected chi connectivity index (χ3v) is 5.56. The van der Waals surface area contributed by atoms with Crippen molar-refractivity contribution in [3.05, 3.63) is 46.8 Å². The minimum absolute atomic E-state index is 0.196. The van der Waals surface area contributed by atoms with Gasteiger partial charge >= 0.3 is 0 Å². The minimum Gasteiger partial charge on any atom is -0.490 e. The highest BCUT2D eigenvalue weighted by molar-refractivity contribution is 5.47. The molecule has 0 radical (unpaired) electrons. The fourth-order valence-corrected chi connectivity index (χ4v) is 4.15. The summed E-state index contributed by atoms with van der Waals surface area (Å²) in [6.45, 7) is 5.44. The van der Waals surface area contributed by atoms with E-state index in [-0.39, 0.29) is 12.6 Å². The van der Waals surface area contributed by atoms with E-state index in [4.69, 9.17) is 10.00 Å². The zero-order chi connectivity index (χ0) is 21.0. The summed E-state index contributed by atoms with van der Waals surface area (Å²) < 4.78 is 7.57. The van der Waals surface area contributed by atoms with Gasteiger partial charge in [-0.15, -0.1) is 0 Å². The van der Waals surface area contributed by atoms with Crippen molar-refractivity contribution >= 4 is 0 Å². The first-order valence-corrected chi connectivity index (χ1v) is 10.1. The Bertz CT molecular complexity index is 850. The van der Waals surface area contributed by atoms with Gasteiger partial charge in [0.15, 0.2) is 0 Å². The van der Waals surface area contributed by atoms with Crippen molar-refractivity contribution in [1.82, 2.24) is 14.7 Å². The SMILES string of the molecule is Cc1cc(C#N)cc(C)c1OCC(O)CN1CCCC1CC(O)c1cnn(C)c1. The molecule has 1 aromatic carbocycles. The number of benzene rings is 1. The van der Waals surface area contributed by atoms with Gasteiger partial charge in [0.1, 0.15) is 18.5 Å². The van der Waals surface area contributed by atoms with E-state index in [1.165, 1.54) is 0 Å². The summed E-state index contributed by atoms with van der Waals surface area (Å²) >= 11 is 0. The van der Waals surface area contributed by atoms with Crippen LogP contribution in [0.4, 0.5) is 0 Å². The molecule has 7 nitrogen and oxygen atoms in total. The molecular formula is C22H30N4O3. The van der Waals surface area contributed by atoms with Crippen LogP contribution in [0.1, 0.15) is 47.6 Å². The molecule has 7 heteroatoms. The Kier molecular flexibility index (Phi) is 6.91. The zero-order valence-corrected chi connectivity index (χ0v) is 17.4. The van der Waals surface area contributed by atoms with Gasteiger partial charge in [-0.2, -0.15) is 10.4 Å². The predicted molar refractivity (Wildman–Crippen MR) is 110 cm³/mol. The van der Waals surface area contributed by atoms with Gasteiger partial charge in [-0.05, 0) is 62.9 Å². The van der Waals surface area contributed by atoms with Crippen LogP contribution in [0.25, 0.3) is 0 Å². The van der Waals surface area contributed by atoms with Crippen LogP contribution in [0.3, 0.4) is 0 Å². The summed E-state index contributed by atoms with van der Waals surface area (Å²) in [4.78, 5) is 2.24. The molecule has 0 amide bonds. The van der Waals surface area contributed by atoms with Gasteiger partial charge in [0.2, 0.25) is 0 Å². The average Bonchev–Trinajstić information content (AvgIpc) is 3.30. The third kappa shape index (κ3) is 5.36. The highest BCUT2D eigenvalue weighted by atomic mass is 16.5. The summed E-state index contributed by atoms with van der Waals surface area (Å²) in [5, 5.41) is 34.2. The van der Waals surface area contributed by atoms with Crippen LogP contribution in [0.15, 0.2) is 24.5 Å². The first-order valence-electron chi connectivity index (χ1n) is 10.1. The molecule has 0 bridgehead atoms. The van der Waals surface area contributed by atoms with Crippen LogP contribution >= 0.6 is 0 Å². The summed E-state index contributed by atoms with van der Waals surface area (Å²) in [5.74, 6) is 0.730. The molecule has 1 aliphatic heterocycles. The lowest BCUT2D eigenvalue weighted by Gasteiger charge is -2.28. The van der Waals surface area contributed by atoms with Gasteiger partial charge in [0.05, 0.1) is 23.9 Å². The molecular weight excluding hydrogens is 368 g/mol. The molecule has 2 N–H and O–H groups in total. The maximum absolute atomic E-state index is 10.5. The first-order chi connectivity index (χ1) is 13.9. The van der Waals surface area contributed by atoms with Crippen molar-refractivity contribution in [3.63, 3.8) is 0 Å². The molecule has 2 aromatic rings. The van der Waals surface area contributed by atoms with Gasteiger partial charge in [0, 0.05) is 31.4 Å². The predicted octanol–water partition coefficient (Wildman–Crippen LogP) is 2.24. The topological polar surface area (TPSA) is 94.5 Å². The second-order valence-corrected chi connectivity index (χ2v) is 8.01. The van der Waals surface area contributed by atoms with Crippen molar-refractivity contribution in [2.45, 2.75) is 51.4 Å². The van der Waals surface area contributed by atoms with Gasteiger partial charge in [-0.1, -0.05) is 0 Å². The van der Waals surface area contributed by atoms with E-state index in [2.05, 4.69) is 16.1 Å². The number of aliphatic hydroxyl groups excluding tert-OH is 2. The van der Waals surface area contributed by atoms with Gasteiger partial charge in [0.25, 0.3) is 0 Å². The Morgan fingerprint density at radius 1 is 1.31 bits per heavy atom. The molecule has 3 atom stereocenters. The second kappa shape index (κ2) is 9.40. The Morgan fingerprint density at radius 2 is 2.03 bits per heavy atom. The quantitative estimate of drug-likeness (QED) is 0.708. The molecule has 3 rings (SSSR count). The number of nitriles is 1. The maximum atomic E-state index is 10.5. The van der Waals surface area contributed by atoms with E-state index in [0.29, 0.717) is 18.5 Å². The minimum atomic E-state index is -0.624. The van der Waals surface area contributed by atoms with Crippen LogP contribution < -0.4 is 4.74 Å². The zero-order valence-electron chi connectivity index (χ0n) is 17.4.